The molecule has 0 unspecified atom stereocenters. The van der Waals surface area contributed by atoms with Crippen LogP contribution in [0.1, 0.15) is 17.7 Å². The smallest absolute Gasteiger partial charge is 0.0945 e. The lowest BCUT2D eigenvalue weighted by Gasteiger charge is -2.47. The number of imidazole rings is 1. The van der Waals surface area contributed by atoms with E-state index in [2.05, 4.69) is 43.5 Å². The normalized spacial score (nSPS) is 25.5. The number of aromatic nitrogens is 3. The highest BCUT2D eigenvalue weighted by Gasteiger charge is 2.37. The topological polar surface area (TPSA) is 46.4 Å². The van der Waals surface area contributed by atoms with E-state index in [-0.39, 0.29) is 0 Å². The van der Waals surface area contributed by atoms with Gasteiger partial charge in [-0.15, -0.1) is 0 Å². The maximum absolute atomic E-state index is 6.06. The summed E-state index contributed by atoms with van der Waals surface area (Å²) in [5.41, 5.74) is 2.60. The molecule has 2 aromatic rings. The molecule has 6 heteroatoms. The lowest BCUT2D eigenvalue weighted by molar-refractivity contribution is -0.107. The van der Waals surface area contributed by atoms with Gasteiger partial charge in [0.15, 0.2) is 0 Å². The van der Waals surface area contributed by atoms with E-state index in [1.54, 1.807) is 0 Å². The van der Waals surface area contributed by atoms with Crippen molar-refractivity contribution < 1.29 is 4.74 Å². The average molecular weight is 327 g/mol. The van der Waals surface area contributed by atoms with Crippen molar-refractivity contribution in [3.63, 3.8) is 0 Å². The molecule has 24 heavy (non-hydrogen) atoms. The Labute approximate surface area is 143 Å². The van der Waals surface area contributed by atoms with Gasteiger partial charge in [-0.05, 0) is 24.1 Å². The Bertz CT molecular complexity index is 658. The molecule has 0 bridgehead atoms. The third-order valence-electron chi connectivity index (χ3n) is 5.22. The molecule has 0 aliphatic carbocycles. The van der Waals surface area contributed by atoms with E-state index in [0.29, 0.717) is 12.1 Å². The summed E-state index contributed by atoms with van der Waals surface area (Å²) in [7, 11) is 2.06. The number of aryl methyl sites for hydroxylation is 1. The highest BCUT2D eigenvalue weighted by molar-refractivity contribution is 5.10. The van der Waals surface area contributed by atoms with Crippen molar-refractivity contribution in [1.82, 2.24) is 24.3 Å². The third-order valence-corrected chi connectivity index (χ3v) is 5.22. The fraction of sp³-hybridized carbons (Fsp3) is 0.556. The second kappa shape index (κ2) is 7.01. The molecule has 0 amide bonds. The van der Waals surface area contributed by atoms with E-state index in [9.17, 15) is 0 Å². The summed E-state index contributed by atoms with van der Waals surface area (Å²) in [6.45, 7) is 5.93. The summed E-state index contributed by atoms with van der Waals surface area (Å²) in [6, 6.07) is 4.69. The molecule has 4 rings (SSSR count). The van der Waals surface area contributed by atoms with Gasteiger partial charge in [0.2, 0.25) is 0 Å². The molecule has 0 N–H and O–H groups in total. The molecule has 0 spiro atoms. The summed E-state index contributed by atoms with van der Waals surface area (Å²) in [6.07, 6.45) is 9.07. The van der Waals surface area contributed by atoms with Gasteiger partial charge in [0.05, 0.1) is 24.7 Å². The number of hydrogen-bond acceptors (Lipinski definition) is 5. The van der Waals surface area contributed by atoms with Gasteiger partial charge < -0.3 is 9.30 Å². The fourth-order valence-electron chi connectivity index (χ4n) is 3.84. The minimum Gasteiger partial charge on any atom is -0.375 e. The number of ether oxygens (including phenoxy) is 1. The Hall–Kier alpha value is -1.76. The van der Waals surface area contributed by atoms with Crippen molar-refractivity contribution in [3.05, 3.63) is 48.3 Å². The standard InChI is InChI=1S/C18H25N5O/c1-21-14-20-10-16(21)12-22-7-4-18-17(13-22)23(8-9-24-18)11-15-2-5-19-6-3-15/h2-3,5-6,10,14,17-18H,4,7-9,11-13H2,1H3/t17-,18-/m1/s1. The molecular formula is C18H25N5O. The first kappa shape index (κ1) is 15.7. The van der Waals surface area contributed by atoms with Gasteiger partial charge >= 0.3 is 0 Å². The average Bonchev–Trinajstić information content (AvgIpc) is 3.01. The number of rotatable bonds is 4. The van der Waals surface area contributed by atoms with Crippen molar-refractivity contribution in [3.8, 4) is 0 Å². The molecule has 4 heterocycles. The zero-order valence-electron chi connectivity index (χ0n) is 14.2. The summed E-state index contributed by atoms with van der Waals surface area (Å²) in [5.74, 6) is 0. The van der Waals surface area contributed by atoms with E-state index in [1.807, 2.05) is 24.9 Å². The van der Waals surface area contributed by atoms with Crippen LogP contribution in [0.2, 0.25) is 0 Å². The SMILES string of the molecule is Cn1cncc1CN1CC[C@H]2OCCN(Cc3ccncc3)[C@@H]2C1. The van der Waals surface area contributed by atoms with Crippen LogP contribution in [0.25, 0.3) is 0 Å². The summed E-state index contributed by atoms with van der Waals surface area (Å²) >= 11 is 0. The van der Waals surface area contributed by atoms with Crippen molar-refractivity contribution in [2.24, 2.45) is 7.05 Å². The van der Waals surface area contributed by atoms with E-state index >= 15 is 0 Å². The maximum atomic E-state index is 6.06. The van der Waals surface area contributed by atoms with E-state index in [4.69, 9.17) is 4.74 Å². The monoisotopic (exact) mass is 327 g/mol. The molecule has 0 aromatic carbocycles. The van der Waals surface area contributed by atoms with Gasteiger partial charge in [-0.2, -0.15) is 0 Å². The zero-order chi connectivity index (χ0) is 16.4. The van der Waals surface area contributed by atoms with E-state index < -0.39 is 0 Å². The second-order valence-corrected chi connectivity index (χ2v) is 6.82. The summed E-state index contributed by atoms with van der Waals surface area (Å²) < 4.78 is 8.17. The van der Waals surface area contributed by atoms with Gasteiger partial charge in [0.25, 0.3) is 0 Å². The highest BCUT2D eigenvalue weighted by atomic mass is 16.5. The molecule has 0 saturated carbocycles. The summed E-state index contributed by atoms with van der Waals surface area (Å²) in [4.78, 5) is 13.5. The molecule has 2 fully saturated rings. The van der Waals surface area contributed by atoms with E-state index in [1.165, 1.54) is 11.3 Å². The molecule has 2 aliphatic heterocycles. The number of pyridine rings is 1. The second-order valence-electron chi connectivity index (χ2n) is 6.82. The Morgan fingerprint density at radius 1 is 1.17 bits per heavy atom. The van der Waals surface area contributed by atoms with Crippen molar-refractivity contribution in [1.29, 1.82) is 0 Å². The molecule has 2 saturated heterocycles. The number of hydrogen-bond donors (Lipinski definition) is 0. The Kier molecular flexibility index (Phi) is 4.60. The van der Waals surface area contributed by atoms with Gasteiger partial charge in [-0.1, -0.05) is 0 Å². The van der Waals surface area contributed by atoms with Crippen LogP contribution in [0.5, 0.6) is 0 Å². The van der Waals surface area contributed by atoms with Crippen molar-refractivity contribution in [2.45, 2.75) is 31.7 Å². The van der Waals surface area contributed by atoms with Gasteiger partial charge in [0, 0.05) is 64.4 Å². The Morgan fingerprint density at radius 2 is 2.04 bits per heavy atom. The first-order valence-corrected chi connectivity index (χ1v) is 8.72. The zero-order valence-corrected chi connectivity index (χ0v) is 14.2. The van der Waals surface area contributed by atoms with Crippen molar-refractivity contribution in [2.75, 3.05) is 26.2 Å². The predicted octanol–water partition coefficient (Wildman–Crippen LogP) is 1.29. The highest BCUT2D eigenvalue weighted by Crippen LogP contribution is 2.25. The number of likely N-dealkylation sites (tertiary alicyclic amines) is 1. The molecule has 128 valence electrons. The van der Waals surface area contributed by atoms with Gasteiger partial charge in [0.1, 0.15) is 0 Å². The molecule has 6 nitrogen and oxygen atoms in total. The number of morpholine rings is 1. The molecular weight excluding hydrogens is 302 g/mol. The number of fused-ring (bicyclic) bond motifs is 1. The van der Waals surface area contributed by atoms with Crippen LogP contribution in [0.4, 0.5) is 0 Å². The summed E-state index contributed by atoms with van der Waals surface area (Å²) in [5, 5.41) is 0. The van der Waals surface area contributed by atoms with Crippen LogP contribution < -0.4 is 0 Å². The largest absolute Gasteiger partial charge is 0.375 e. The third kappa shape index (κ3) is 3.36. The van der Waals surface area contributed by atoms with Crippen LogP contribution in [0.15, 0.2) is 37.1 Å². The molecule has 2 aliphatic rings. The molecule has 2 aromatic heterocycles. The molecule has 0 radical (unpaired) electrons. The number of nitrogens with zero attached hydrogens (tertiary/aromatic N) is 5. The van der Waals surface area contributed by atoms with Crippen LogP contribution >= 0.6 is 0 Å². The maximum Gasteiger partial charge on any atom is 0.0945 e. The first-order valence-electron chi connectivity index (χ1n) is 8.72. The minimum absolute atomic E-state index is 0.364. The van der Waals surface area contributed by atoms with Crippen LogP contribution in [0, 0.1) is 0 Å². The Balaban J connectivity index is 1.44. The minimum atomic E-state index is 0.364. The lowest BCUT2D eigenvalue weighted by atomic mass is 9.98. The first-order chi connectivity index (χ1) is 11.8. The predicted molar refractivity (Wildman–Crippen MR) is 91.3 cm³/mol. The Morgan fingerprint density at radius 3 is 2.83 bits per heavy atom. The van der Waals surface area contributed by atoms with Crippen LogP contribution in [0.3, 0.4) is 0 Å². The number of piperidine rings is 1. The quantitative estimate of drug-likeness (QED) is 0.847. The van der Waals surface area contributed by atoms with Crippen molar-refractivity contribution >= 4 is 0 Å². The van der Waals surface area contributed by atoms with Gasteiger partial charge in [-0.25, -0.2) is 4.98 Å². The lowest BCUT2D eigenvalue weighted by Crippen LogP contribution is -2.59. The van der Waals surface area contributed by atoms with Gasteiger partial charge in [-0.3, -0.25) is 14.8 Å². The van der Waals surface area contributed by atoms with Crippen LogP contribution in [-0.4, -0.2) is 62.7 Å². The molecule has 2 atom stereocenters. The fourth-order valence-corrected chi connectivity index (χ4v) is 3.84. The van der Waals surface area contributed by atoms with Crippen LogP contribution in [-0.2, 0) is 24.9 Å². The van der Waals surface area contributed by atoms with E-state index in [0.717, 1.165) is 45.8 Å².